The topological polar surface area (TPSA) is 148 Å². The number of ether oxygens (including phenoxy) is 1. The van der Waals surface area contributed by atoms with Gasteiger partial charge in [0.1, 0.15) is 6.04 Å². The van der Waals surface area contributed by atoms with Crippen molar-refractivity contribution in [1.29, 1.82) is 0 Å². The predicted octanol–water partition coefficient (Wildman–Crippen LogP) is 0.00980. The van der Waals surface area contributed by atoms with Gasteiger partial charge in [-0.05, 0) is 24.5 Å². The van der Waals surface area contributed by atoms with Crippen LogP contribution in [0.3, 0.4) is 0 Å². The van der Waals surface area contributed by atoms with Crippen LogP contribution in [0, 0.1) is 0 Å². The zero-order chi connectivity index (χ0) is 20.5. The molecule has 9 heteroatoms. The number of aromatic nitrogens is 1. The Balaban J connectivity index is 1.95. The molecule has 2 atom stereocenters. The number of fused-ring (bicyclic) bond motifs is 1. The Labute approximate surface area is 163 Å². The van der Waals surface area contributed by atoms with E-state index in [2.05, 4.69) is 20.6 Å². The predicted molar refractivity (Wildman–Crippen MR) is 109 cm³/mol. The Morgan fingerprint density at radius 3 is 2.79 bits per heavy atom. The first kappa shape index (κ1) is 21.2. The van der Waals surface area contributed by atoms with Crippen LogP contribution in [0.5, 0.6) is 0 Å². The third-order valence-corrected chi connectivity index (χ3v) is 4.48. The molecule has 152 valence electrons. The summed E-state index contributed by atoms with van der Waals surface area (Å²) in [6.45, 7) is 0.555. The maximum absolute atomic E-state index is 12.4. The molecule has 0 aliphatic rings. The second kappa shape index (κ2) is 10.3. The minimum Gasteiger partial charge on any atom is -0.467 e. The number of hydrogen-bond donors (Lipinski definition) is 5. The molecule has 9 nitrogen and oxygen atoms in total. The number of carbonyl (C=O) groups excluding carboxylic acids is 2. The summed E-state index contributed by atoms with van der Waals surface area (Å²) >= 11 is 0. The Hall–Kier alpha value is -3.07. The summed E-state index contributed by atoms with van der Waals surface area (Å²) in [7, 11) is 2.88. The zero-order valence-corrected chi connectivity index (χ0v) is 16.2. The molecule has 1 amide bonds. The molecule has 0 bridgehead atoms. The standard InChI is InChI=1S/C19H28N6O3/c1-22-19(21)23-9-5-7-14(20)17(26)25-16(18(27)28-2)10-12-11-24-15-8-4-3-6-13(12)15/h3-4,6,8,11,14,16,24H,5,7,9-10,20H2,1-2H3,(H,25,26)(H3,21,22,23)/t14-,16-/m0/s1. The summed E-state index contributed by atoms with van der Waals surface area (Å²) in [5.41, 5.74) is 13.4. The number of methoxy groups -OCH3 is 1. The maximum Gasteiger partial charge on any atom is 0.328 e. The number of rotatable bonds is 9. The Bertz CT molecular complexity index is 832. The lowest BCUT2D eigenvalue weighted by Crippen LogP contribution is -2.49. The average Bonchev–Trinajstić information content (AvgIpc) is 3.12. The van der Waals surface area contributed by atoms with Crippen molar-refractivity contribution in [2.75, 3.05) is 20.7 Å². The quantitative estimate of drug-likeness (QED) is 0.177. The number of H-pyrrole nitrogens is 1. The molecule has 0 saturated carbocycles. The summed E-state index contributed by atoms with van der Waals surface area (Å²) in [6, 6.07) is 6.20. The van der Waals surface area contributed by atoms with Crippen LogP contribution in [0.25, 0.3) is 10.9 Å². The molecular weight excluding hydrogens is 360 g/mol. The fourth-order valence-electron chi connectivity index (χ4n) is 2.88. The van der Waals surface area contributed by atoms with Gasteiger partial charge < -0.3 is 31.8 Å². The van der Waals surface area contributed by atoms with Crippen molar-refractivity contribution in [3.63, 3.8) is 0 Å². The molecule has 2 rings (SSSR count). The van der Waals surface area contributed by atoms with Crippen LogP contribution in [-0.2, 0) is 20.7 Å². The largest absolute Gasteiger partial charge is 0.467 e. The number of benzene rings is 1. The summed E-state index contributed by atoms with van der Waals surface area (Å²) < 4.78 is 4.85. The average molecular weight is 388 g/mol. The number of guanidine groups is 1. The van der Waals surface area contributed by atoms with E-state index in [0.717, 1.165) is 16.5 Å². The fourth-order valence-corrected chi connectivity index (χ4v) is 2.88. The van der Waals surface area contributed by atoms with Gasteiger partial charge in [-0.2, -0.15) is 0 Å². The Kier molecular flexibility index (Phi) is 7.82. The van der Waals surface area contributed by atoms with Gasteiger partial charge in [0.15, 0.2) is 5.96 Å². The molecule has 1 aromatic heterocycles. The van der Waals surface area contributed by atoms with Gasteiger partial charge in [-0.25, -0.2) is 4.79 Å². The molecule has 1 aromatic carbocycles. The van der Waals surface area contributed by atoms with Crippen molar-refractivity contribution < 1.29 is 14.3 Å². The molecule has 0 aliphatic heterocycles. The highest BCUT2D eigenvalue weighted by Crippen LogP contribution is 2.19. The highest BCUT2D eigenvalue weighted by atomic mass is 16.5. The first-order valence-corrected chi connectivity index (χ1v) is 9.11. The van der Waals surface area contributed by atoms with E-state index in [4.69, 9.17) is 16.2 Å². The molecular formula is C19H28N6O3. The van der Waals surface area contributed by atoms with E-state index in [9.17, 15) is 9.59 Å². The Morgan fingerprint density at radius 1 is 1.32 bits per heavy atom. The van der Waals surface area contributed by atoms with E-state index in [0.29, 0.717) is 31.8 Å². The second-order valence-corrected chi connectivity index (χ2v) is 6.43. The number of nitrogens with two attached hydrogens (primary N) is 2. The maximum atomic E-state index is 12.4. The van der Waals surface area contributed by atoms with Crippen LogP contribution in [0.4, 0.5) is 0 Å². The molecule has 0 fully saturated rings. The van der Waals surface area contributed by atoms with Crippen LogP contribution in [0.15, 0.2) is 35.5 Å². The summed E-state index contributed by atoms with van der Waals surface area (Å²) in [4.78, 5) is 31.5. The first-order valence-electron chi connectivity index (χ1n) is 9.11. The second-order valence-electron chi connectivity index (χ2n) is 6.43. The lowest BCUT2D eigenvalue weighted by atomic mass is 10.0. The monoisotopic (exact) mass is 388 g/mol. The molecule has 0 saturated heterocycles. The lowest BCUT2D eigenvalue weighted by Gasteiger charge is -2.19. The highest BCUT2D eigenvalue weighted by Gasteiger charge is 2.25. The molecule has 7 N–H and O–H groups in total. The van der Waals surface area contributed by atoms with Crippen molar-refractivity contribution >= 4 is 28.7 Å². The van der Waals surface area contributed by atoms with Gasteiger partial charge in [0, 0.05) is 37.1 Å². The van der Waals surface area contributed by atoms with E-state index >= 15 is 0 Å². The molecule has 2 aromatic rings. The van der Waals surface area contributed by atoms with Crippen LogP contribution in [0.1, 0.15) is 18.4 Å². The number of nitrogens with zero attached hydrogens (tertiary/aromatic N) is 1. The number of carbonyl (C=O) groups is 2. The smallest absolute Gasteiger partial charge is 0.328 e. The van der Waals surface area contributed by atoms with Gasteiger partial charge in [0.25, 0.3) is 0 Å². The zero-order valence-electron chi connectivity index (χ0n) is 16.2. The number of aliphatic imine (C=N–C) groups is 1. The van der Waals surface area contributed by atoms with Crippen LogP contribution in [0.2, 0.25) is 0 Å². The van der Waals surface area contributed by atoms with E-state index in [1.807, 2.05) is 30.5 Å². The van der Waals surface area contributed by atoms with Gasteiger partial charge in [0.05, 0.1) is 13.2 Å². The minimum atomic E-state index is -0.816. The van der Waals surface area contributed by atoms with Gasteiger partial charge >= 0.3 is 5.97 Å². The number of nitrogens with one attached hydrogen (secondary N) is 3. The molecule has 0 spiro atoms. The van der Waals surface area contributed by atoms with Crippen molar-refractivity contribution in [1.82, 2.24) is 15.6 Å². The lowest BCUT2D eigenvalue weighted by molar-refractivity contribution is -0.145. The van der Waals surface area contributed by atoms with Crippen LogP contribution >= 0.6 is 0 Å². The molecule has 0 aliphatic carbocycles. The first-order chi connectivity index (χ1) is 13.5. The fraction of sp³-hybridized carbons (Fsp3) is 0.421. The summed E-state index contributed by atoms with van der Waals surface area (Å²) in [5, 5.41) is 6.61. The van der Waals surface area contributed by atoms with Crippen LogP contribution in [-0.4, -0.2) is 55.6 Å². The van der Waals surface area contributed by atoms with Crippen molar-refractivity contribution in [2.24, 2.45) is 16.5 Å². The van der Waals surface area contributed by atoms with Crippen LogP contribution < -0.4 is 22.1 Å². The highest BCUT2D eigenvalue weighted by molar-refractivity contribution is 5.89. The van der Waals surface area contributed by atoms with Gasteiger partial charge in [0.2, 0.25) is 5.91 Å². The SMILES string of the molecule is CN=C(N)NCCC[C@H](N)C(=O)N[C@@H](Cc1c[nH]c2ccccc12)C(=O)OC. The van der Waals surface area contributed by atoms with Crippen molar-refractivity contribution in [2.45, 2.75) is 31.3 Å². The summed E-state index contributed by atoms with van der Waals surface area (Å²) in [5.74, 6) is -0.575. The molecule has 0 radical (unpaired) electrons. The number of amides is 1. The van der Waals surface area contributed by atoms with Gasteiger partial charge in [-0.15, -0.1) is 0 Å². The normalized spacial score (nSPS) is 13.8. The molecule has 1 heterocycles. The number of para-hydroxylation sites is 1. The Morgan fingerprint density at radius 2 is 2.07 bits per heavy atom. The van der Waals surface area contributed by atoms with Gasteiger partial charge in [-0.3, -0.25) is 9.79 Å². The number of hydrogen-bond acceptors (Lipinski definition) is 5. The third-order valence-electron chi connectivity index (χ3n) is 4.48. The van der Waals surface area contributed by atoms with Crippen molar-refractivity contribution in [3.8, 4) is 0 Å². The summed E-state index contributed by atoms with van der Waals surface area (Å²) in [6.07, 6.45) is 3.21. The van der Waals surface area contributed by atoms with Crippen molar-refractivity contribution in [3.05, 3.63) is 36.0 Å². The van der Waals surface area contributed by atoms with E-state index < -0.39 is 24.0 Å². The van der Waals surface area contributed by atoms with E-state index in [-0.39, 0.29) is 0 Å². The van der Waals surface area contributed by atoms with E-state index in [1.165, 1.54) is 7.11 Å². The molecule has 0 unspecified atom stereocenters. The number of aromatic amines is 1. The number of esters is 1. The molecule has 28 heavy (non-hydrogen) atoms. The minimum absolute atomic E-state index is 0.306. The third kappa shape index (κ3) is 5.71. The van der Waals surface area contributed by atoms with E-state index in [1.54, 1.807) is 7.05 Å². The van der Waals surface area contributed by atoms with Gasteiger partial charge in [-0.1, -0.05) is 18.2 Å².